The van der Waals surface area contributed by atoms with E-state index in [-0.39, 0.29) is 11.5 Å². The third-order valence-electron chi connectivity index (χ3n) is 6.98. The molecule has 1 heterocycles. The number of aromatic nitrogens is 1. The summed E-state index contributed by atoms with van der Waals surface area (Å²) in [6.45, 7) is 7.19. The lowest BCUT2D eigenvalue weighted by molar-refractivity contribution is -0.0893. The quantitative estimate of drug-likeness (QED) is 0.257. The van der Waals surface area contributed by atoms with Gasteiger partial charge in [-0.1, -0.05) is 41.3 Å². The molecule has 0 spiro atoms. The van der Waals surface area contributed by atoms with E-state index in [0.717, 1.165) is 27.3 Å². The molecule has 4 rings (SSSR count). The van der Waals surface area contributed by atoms with Gasteiger partial charge in [-0.25, -0.2) is 0 Å². The molecule has 0 atom stereocenters. The fourth-order valence-electron chi connectivity index (χ4n) is 4.00. The summed E-state index contributed by atoms with van der Waals surface area (Å²) in [5.74, 6) is -1.21. The van der Waals surface area contributed by atoms with Crippen molar-refractivity contribution < 1.29 is 25.1 Å². The zero-order chi connectivity index (χ0) is 24.3. The van der Waals surface area contributed by atoms with E-state index in [0.29, 0.717) is 24.1 Å². The maximum atomic E-state index is 10.8. The van der Waals surface area contributed by atoms with Crippen LogP contribution in [-0.4, -0.2) is 59.4 Å². The van der Waals surface area contributed by atoms with Crippen molar-refractivity contribution in [2.24, 2.45) is 0 Å². The standard InChI is InChI=1S/C24H28B3NO5/c1-23(2,32)24(3,4)33-27-12-9-10-16-14(11-12)13-7-5-6-8-15(13)28(16)19-17(25)18(26)20(29)22(31)21(19)30/h5-11,27,29-32H,25-26H2,1-4H3. The van der Waals surface area contributed by atoms with Crippen LogP contribution in [0, 0.1) is 0 Å². The number of rotatable bonds is 5. The molecule has 1 aromatic heterocycles. The molecule has 168 valence electrons. The molecular weight excluding hydrogens is 415 g/mol. The van der Waals surface area contributed by atoms with Crippen LogP contribution in [-0.2, 0) is 4.65 Å². The first-order valence-corrected chi connectivity index (χ1v) is 11.0. The Morgan fingerprint density at radius 1 is 0.818 bits per heavy atom. The van der Waals surface area contributed by atoms with Crippen LogP contribution in [0.4, 0.5) is 0 Å². The Hall–Kier alpha value is -3.03. The van der Waals surface area contributed by atoms with Crippen LogP contribution in [0.3, 0.4) is 0 Å². The molecule has 3 aromatic carbocycles. The zero-order valence-electron chi connectivity index (χ0n) is 19.9. The van der Waals surface area contributed by atoms with E-state index in [9.17, 15) is 20.4 Å². The molecule has 4 N–H and O–H groups in total. The average Bonchev–Trinajstić information content (AvgIpc) is 3.08. The number of hydrogen-bond donors (Lipinski definition) is 4. The SMILES string of the molecule is Bc1c(B)c(-n2c3ccccc3c3cc(BOC(C)(C)C(C)(C)O)ccc32)c(O)c(O)c1O. The van der Waals surface area contributed by atoms with Gasteiger partial charge in [-0.05, 0) is 45.3 Å². The van der Waals surface area contributed by atoms with Crippen molar-refractivity contribution in [2.45, 2.75) is 38.9 Å². The second kappa shape index (κ2) is 7.78. The van der Waals surface area contributed by atoms with Crippen molar-refractivity contribution in [3.63, 3.8) is 0 Å². The monoisotopic (exact) mass is 443 g/mol. The lowest BCUT2D eigenvalue weighted by atomic mass is 9.78. The zero-order valence-corrected chi connectivity index (χ0v) is 19.9. The number of benzene rings is 3. The second-order valence-corrected chi connectivity index (χ2v) is 9.71. The third kappa shape index (κ3) is 3.65. The summed E-state index contributed by atoms with van der Waals surface area (Å²) in [6, 6.07) is 13.8. The number of phenolic OH excluding ortho intramolecular Hbond substituents is 3. The van der Waals surface area contributed by atoms with E-state index >= 15 is 0 Å². The summed E-state index contributed by atoms with van der Waals surface area (Å²) in [6.07, 6.45) is 0. The molecular formula is C24H28B3NO5. The molecule has 33 heavy (non-hydrogen) atoms. The van der Waals surface area contributed by atoms with E-state index in [4.69, 9.17) is 4.65 Å². The van der Waals surface area contributed by atoms with Crippen LogP contribution in [0.5, 0.6) is 17.2 Å². The summed E-state index contributed by atoms with van der Waals surface area (Å²) in [7, 11) is 3.85. The number of aromatic hydroxyl groups is 3. The van der Waals surface area contributed by atoms with Gasteiger partial charge in [0.25, 0.3) is 0 Å². The average molecular weight is 443 g/mol. The van der Waals surface area contributed by atoms with E-state index < -0.39 is 17.0 Å². The largest absolute Gasteiger partial charge is 0.505 e. The smallest absolute Gasteiger partial charge is 0.309 e. The molecule has 0 aliphatic rings. The highest BCUT2D eigenvalue weighted by atomic mass is 16.5. The number of hydrogen-bond acceptors (Lipinski definition) is 5. The molecule has 0 amide bonds. The predicted octanol–water partition coefficient (Wildman–Crippen LogP) is -0.0398. The van der Waals surface area contributed by atoms with Crippen LogP contribution in [0.15, 0.2) is 42.5 Å². The molecule has 0 saturated carbocycles. The fraction of sp³-hybridized carbons (Fsp3) is 0.250. The Kier molecular flexibility index (Phi) is 5.46. The van der Waals surface area contributed by atoms with Gasteiger partial charge in [0.05, 0.1) is 27.9 Å². The highest BCUT2D eigenvalue weighted by molar-refractivity contribution is 6.52. The molecule has 0 bridgehead atoms. The van der Waals surface area contributed by atoms with Crippen molar-refractivity contribution in [2.75, 3.05) is 0 Å². The van der Waals surface area contributed by atoms with Crippen molar-refractivity contribution in [3.05, 3.63) is 42.5 Å². The number of phenols is 3. The fourth-order valence-corrected chi connectivity index (χ4v) is 4.00. The summed E-state index contributed by atoms with van der Waals surface area (Å²) < 4.78 is 7.97. The maximum Gasteiger partial charge on any atom is 0.309 e. The van der Waals surface area contributed by atoms with E-state index in [2.05, 4.69) is 0 Å². The number of aliphatic hydroxyl groups is 1. The van der Waals surface area contributed by atoms with Gasteiger partial charge in [-0.3, -0.25) is 0 Å². The van der Waals surface area contributed by atoms with Crippen LogP contribution in [0.1, 0.15) is 27.7 Å². The second-order valence-electron chi connectivity index (χ2n) is 9.71. The topological polar surface area (TPSA) is 95.1 Å². The lowest BCUT2D eigenvalue weighted by Gasteiger charge is -2.37. The minimum atomic E-state index is -0.999. The van der Waals surface area contributed by atoms with Gasteiger partial charge in [0.2, 0.25) is 5.75 Å². The molecule has 0 aliphatic carbocycles. The maximum absolute atomic E-state index is 10.8. The van der Waals surface area contributed by atoms with Crippen LogP contribution >= 0.6 is 0 Å². The van der Waals surface area contributed by atoms with Gasteiger partial charge in [-0.2, -0.15) is 0 Å². The molecule has 0 unspecified atom stereocenters. The van der Waals surface area contributed by atoms with Crippen LogP contribution in [0.25, 0.3) is 27.5 Å². The number of fused-ring (bicyclic) bond motifs is 3. The van der Waals surface area contributed by atoms with Crippen LogP contribution in [0.2, 0.25) is 0 Å². The highest BCUT2D eigenvalue weighted by Crippen LogP contribution is 2.40. The molecule has 6 nitrogen and oxygen atoms in total. The van der Waals surface area contributed by atoms with Gasteiger partial charge in [0.1, 0.15) is 15.7 Å². The molecule has 0 aliphatic heterocycles. The molecule has 0 saturated heterocycles. The summed E-state index contributed by atoms with van der Waals surface area (Å²) in [5.41, 5.74) is 2.54. The Morgan fingerprint density at radius 2 is 1.45 bits per heavy atom. The first-order valence-electron chi connectivity index (χ1n) is 11.0. The minimum Gasteiger partial charge on any atom is -0.505 e. The van der Waals surface area contributed by atoms with Crippen molar-refractivity contribution in [1.82, 2.24) is 4.57 Å². The highest BCUT2D eigenvalue weighted by Gasteiger charge is 2.35. The summed E-state index contributed by atoms with van der Waals surface area (Å²) >= 11 is 0. The van der Waals surface area contributed by atoms with Gasteiger partial charge < -0.3 is 29.6 Å². The molecule has 4 aromatic rings. The van der Waals surface area contributed by atoms with Gasteiger partial charge in [0.15, 0.2) is 11.5 Å². The van der Waals surface area contributed by atoms with Gasteiger partial charge in [0, 0.05) is 10.8 Å². The minimum absolute atomic E-state index is 0.316. The van der Waals surface area contributed by atoms with Crippen molar-refractivity contribution in [3.8, 4) is 22.9 Å². The first-order chi connectivity index (χ1) is 15.3. The van der Waals surface area contributed by atoms with Gasteiger partial charge >= 0.3 is 7.48 Å². The Morgan fingerprint density at radius 3 is 2.12 bits per heavy atom. The Balaban J connectivity index is 1.92. The third-order valence-corrected chi connectivity index (χ3v) is 6.98. The van der Waals surface area contributed by atoms with E-state index in [1.165, 1.54) is 0 Å². The molecule has 9 heteroatoms. The van der Waals surface area contributed by atoms with Crippen molar-refractivity contribution >= 4 is 61.4 Å². The molecule has 0 radical (unpaired) electrons. The summed E-state index contributed by atoms with van der Waals surface area (Å²) in [5, 5.41) is 43.7. The first kappa shape index (κ1) is 23.1. The van der Waals surface area contributed by atoms with Gasteiger partial charge in [-0.15, -0.1) is 0 Å². The van der Waals surface area contributed by atoms with E-state index in [1.54, 1.807) is 21.7 Å². The van der Waals surface area contributed by atoms with Crippen LogP contribution < -0.4 is 16.4 Å². The Bertz CT molecular complexity index is 1360. The lowest BCUT2D eigenvalue weighted by Crippen LogP contribution is -2.49. The number of nitrogens with zero attached hydrogens (tertiary/aromatic N) is 1. The number of para-hydroxylation sites is 1. The normalized spacial score (nSPS) is 12.5. The predicted molar refractivity (Wildman–Crippen MR) is 140 cm³/mol. The summed E-state index contributed by atoms with van der Waals surface area (Å²) in [4.78, 5) is 0. The Labute approximate surface area is 195 Å². The van der Waals surface area contributed by atoms with Crippen molar-refractivity contribution in [1.29, 1.82) is 0 Å². The van der Waals surface area contributed by atoms with E-state index in [1.807, 2.05) is 68.7 Å². The molecule has 0 fully saturated rings.